The van der Waals surface area contributed by atoms with Crippen molar-refractivity contribution in [3.63, 3.8) is 0 Å². The first kappa shape index (κ1) is 28.0. The maximum atomic E-state index is 13.0. The van der Waals surface area contributed by atoms with Gasteiger partial charge in [0, 0.05) is 43.1 Å². The van der Waals surface area contributed by atoms with E-state index >= 15 is 0 Å². The number of alkyl halides is 1. The summed E-state index contributed by atoms with van der Waals surface area (Å²) >= 11 is 6.09. The highest BCUT2D eigenvalue weighted by molar-refractivity contribution is 6.21. The van der Waals surface area contributed by atoms with Gasteiger partial charge in [-0.2, -0.15) is 0 Å². The van der Waals surface area contributed by atoms with Crippen LogP contribution in [0.2, 0.25) is 0 Å². The lowest BCUT2D eigenvalue weighted by atomic mass is 9.96. The van der Waals surface area contributed by atoms with Gasteiger partial charge in [0.05, 0.1) is 0 Å². The predicted octanol–water partition coefficient (Wildman–Crippen LogP) is 7.47. The summed E-state index contributed by atoms with van der Waals surface area (Å²) in [5.74, 6) is -0.0414. The number of fused-ring (bicyclic) bond motifs is 3. The molecule has 1 atom stereocenters. The average molecular weight is 546 g/mol. The van der Waals surface area contributed by atoms with Crippen molar-refractivity contribution in [1.29, 1.82) is 0 Å². The number of amides is 2. The molecule has 0 spiro atoms. The van der Waals surface area contributed by atoms with Crippen molar-refractivity contribution < 1.29 is 14.3 Å². The first-order valence-electron chi connectivity index (χ1n) is 13.1. The Morgan fingerprint density at radius 3 is 2.49 bits per heavy atom. The lowest BCUT2D eigenvalue weighted by molar-refractivity contribution is -0.130. The van der Waals surface area contributed by atoms with E-state index in [2.05, 4.69) is 40.4 Å². The van der Waals surface area contributed by atoms with Gasteiger partial charge in [0.1, 0.15) is 12.6 Å². The molecule has 0 fully saturated rings. The molecule has 0 N–H and O–H groups in total. The number of carbonyl (C=O) groups is 2. The van der Waals surface area contributed by atoms with Crippen LogP contribution >= 0.6 is 11.6 Å². The fourth-order valence-electron chi connectivity index (χ4n) is 4.93. The van der Waals surface area contributed by atoms with Crippen LogP contribution in [-0.2, 0) is 16.1 Å². The Hall–Kier alpha value is -4.00. The molecule has 0 bridgehead atoms. The molecule has 0 aromatic heterocycles. The first-order chi connectivity index (χ1) is 19.0. The van der Waals surface area contributed by atoms with E-state index in [4.69, 9.17) is 21.9 Å². The van der Waals surface area contributed by atoms with Crippen LogP contribution in [0.15, 0.2) is 77.9 Å². The van der Waals surface area contributed by atoms with Crippen molar-refractivity contribution in [1.82, 2.24) is 4.90 Å². The second-order valence-electron chi connectivity index (χ2n) is 9.54. The van der Waals surface area contributed by atoms with Crippen molar-refractivity contribution in [2.45, 2.75) is 38.1 Å². The highest BCUT2D eigenvalue weighted by atomic mass is 35.5. The molecule has 1 aliphatic carbocycles. The van der Waals surface area contributed by atoms with E-state index in [1.165, 1.54) is 4.90 Å². The van der Waals surface area contributed by atoms with Crippen LogP contribution < -0.4 is 4.90 Å². The molecule has 0 heterocycles. The fraction of sp³-hybridized carbons (Fsp3) is 0.333. The van der Waals surface area contributed by atoms with Gasteiger partial charge in [-0.3, -0.25) is 9.69 Å². The van der Waals surface area contributed by atoms with E-state index in [1.807, 2.05) is 49.5 Å². The molecule has 0 saturated heterocycles. The molecule has 0 saturated carbocycles. The minimum atomic E-state index is -0.497. The Labute approximate surface area is 233 Å². The van der Waals surface area contributed by atoms with Gasteiger partial charge in [-0.05, 0) is 58.3 Å². The number of hydrogen-bond donors (Lipinski definition) is 0. The van der Waals surface area contributed by atoms with E-state index in [-0.39, 0.29) is 24.4 Å². The van der Waals surface area contributed by atoms with E-state index in [0.717, 1.165) is 47.1 Å². The van der Waals surface area contributed by atoms with Crippen molar-refractivity contribution in [3.8, 4) is 11.1 Å². The first-order valence-corrected chi connectivity index (χ1v) is 13.6. The third-order valence-electron chi connectivity index (χ3n) is 6.96. The molecule has 2 amide bonds. The molecule has 9 heteroatoms. The number of para-hydroxylation sites is 1. The molecule has 3 aromatic rings. The molecule has 1 unspecified atom stereocenters. The highest BCUT2D eigenvalue weighted by Crippen LogP contribution is 2.45. The van der Waals surface area contributed by atoms with Gasteiger partial charge in [0.25, 0.3) is 0 Å². The number of hydrogen-bond acceptors (Lipinski definition) is 4. The smallest absolute Gasteiger partial charge is 0.415 e. The van der Waals surface area contributed by atoms with Crippen LogP contribution in [0.5, 0.6) is 0 Å². The minimum absolute atomic E-state index is 0.0149. The topological polar surface area (TPSA) is 98.6 Å². The number of azide groups is 1. The molecular formula is C30H32ClN5O3. The van der Waals surface area contributed by atoms with Crippen LogP contribution in [0.3, 0.4) is 0 Å². The summed E-state index contributed by atoms with van der Waals surface area (Å²) < 4.78 is 5.80. The van der Waals surface area contributed by atoms with Gasteiger partial charge in [-0.25, -0.2) is 4.79 Å². The van der Waals surface area contributed by atoms with Gasteiger partial charge in [0.15, 0.2) is 0 Å². The van der Waals surface area contributed by atoms with Crippen LogP contribution in [-0.4, -0.2) is 43.1 Å². The largest absolute Gasteiger partial charge is 0.448 e. The number of anilines is 1. The number of carbonyl (C=O) groups excluding carboxylic acids is 2. The summed E-state index contributed by atoms with van der Waals surface area (Å²) in [6.45, 7) is 1.13. The summed E-state index contributed by atoms with van der Waals surface area (Å²) in [7, 11) is 1.81. The SMILES string of the molecule is CN(Cc1ccc2c(c1)C(COC(=O)N(CCl)c1ccccc1)c1ccccc1-2)C(=O)CCCCCN=[N+]=[N-]. The molecule has 0 aliphatic heterocycles. The van der Waals surface area contributed by atoms with E-state index in [1.54, 1.807) is 4.90 Å². The molecule has 3 aromatic carbocycles. The highest BCUT2D eigenvalue weighted by Gasteiger charge is 2.30. The average Bonchev–Trinajstić information content (AvgIpc) is 3.27. The Kier molecular flexibility index (Phi) is 9.84. The van der Waals surface area contributed by atoms with Gasteiger partial charge in [-0.15, -0.1) is 11.6 Å². The monoisotopic (exact) mass is 545 g/mol. The van der Waals surface area contributed by atoms with Gasteiger partial charge in [0.2, 0.25) is 5.91 Å². The molecule has 8 nitrogen and oxygen atoms in total. The molecule has 202 valence electrons. The normalized spacial score (nSPS) is 13.1. The van der Waals surface area contributed by atoms with E-state index in [0.29, 0.717) is 25.2 Å². The summed E-state index contributed by atoms with van der Waals surface area (Å²) in [5.41, 5.74) is 14.5. The number of ether oxygens (including phenoxy) is 1. The van der Waals surface area contributed by atoms with Crippen LogP contribution in [0.4, 0.5) is 10.5 Å². The second kappa shape index (κ2) is 13.7. The van der Waals surface area contributed by atoms with E-state index < -0.39 is 6.09 Å². The second-order valence-corrected chi connectivity index (χ2v) is 9.78. The van der Waals surface area contributed by atoms with Crippen LogP contribution in [0.25, 0.3) is 21.6 Å². The lowest BCUT2D eigenvalue weighted by Crippen LogP contribution is -2.31. The maximum Gasteiger partial charge on any atom is 0.415 e. The number of rotatable bonds is 12. The summed E-state index contributed by atoms with van der Waals surface area (Å²) in [4.78, 5) is 31.5. The predicted molar refractivity (Wildman–Crippen MR) is 154 cm³/mol. The molecule has 39 heavy (non-hydrogen) atoms. The van der Waals surface area contributed by atoms with Gasteiger partial charge >= 0.3 is 6.09 Å². The zero-order valence-electron chi connectivity index (χ0n) is 22.0. The van der Waals surface area contributed by atoms with Crippen molar-refractivity contribution in [2.24, 2.45) is 5.11 Å². The Balaban J connectivity index is 1.44. The van der Waals surface area contributed by atoms with Gasteiger partial charge < -0.3 is 9.64 Å². The minimum Gasteiger partial charge on any atom is -0.448 e. The lowest BCUT2D eigenvalue weighted by Gasteiger charge is -2.22. The third kappa shape index (κ3) is 6.91. The van der Waals surface area contributed by atoms with Crippen molar-refractivity contribution in [3.05, 3.63) is 99.9 Å². The molecular weight excluding hydrogens is 514 g/mol. The fourth-order valence-corrected chi connectivity index (χ4v) is 5.17. The molecule has 4 rings (SSSR count). The van der Waals surface area contributed by atoms with Crippen molar-refractivity contribution >= 4 is 29.3 Å². The summed E-state index contributed by atoms with van der Waals surface area (Å²) in [5, 5.41) is 3.53. The number of nitrogens with zero attached hydrogens (tertiary/aromatic N) is 5. The van der Waals surface area contributed by atoms with Crippen LogP contribution in [0, 0.1) is 0 Å². The Bertz CT molecular complexity index is 1340. The number of benzene rings is 3. The summed E-state index contributed by atoms with van der Waals surface area (Å²) in [6, 6.07) is 23.6. The quantitative estimate of drug-likeness (QED) is 0.0589. The zero-order valence-corrected chi connectivity index (χ0v) is 22.8. The number of halogens is 1. The van der Waals surface area contributed by atoms with Gasteiger partial charge in [-0.1, -0.05) is 72.2 Å². The van der Waals surface area contributed by atoms with Crippen LogP contribution in [0.1, 0.15) is 48.3 Å². The molecule has 1 aliphatic rings. The standard InChI is InChI=1S/C30H32ClN5O3/c1-35(29(37)14-6-3-9-17-33-34-32)19-22-15-16-26-24-12-7-8-13-25(24)28(27(26)18-22)20-39-30(38)36(21-31)23-10-4-2-5-11-23/h2,4-5,7-8,10-13,15-16,18,28H,3,6,9,14,17,19-21H2,1H3. The van der Waals surface area contributed by atoms with Crippen molar-refractivity contribution in [2.75, 3.05) is 31.1 Å². The molecule has 0 radical (unpaired) electrons. The number of unbranched alkanes of at least 4 members (excludes halogenated alkanes) is 2. The van der Waals surface area contributed by atoms with E-state index in [9.17, 15) is 9.59 Å². The maximum absolute atomic E-state index is 13.0. The summed E-state index contributed by atoms with van der Waals surface area (Å²) in [6.07, 6.45) is 2.36. The zero-order chi connectivity index (χ0) is 27.6. The third-order valence-corrected chi connectivity index (χ3v) is 7.20. The Morgan fingerprint density at radius 1 is 0.974 bits per heavy atom. The Morgan fingerprint density at radius 2 is 1.72 bits per heavy atom.